The van der Waals surface area contributed by atoms with Crippen LogP contribution in [0.4, 0.5) is 13.2 Å². The first-order valence-electron chi connectivity index (χ1n) is 11.0. The monoisotopic (exact) mass is 560 g/mol. The molecule has 2 aromatic rings. The molecule has 0 saturated heterocycles. The lowest BCUT2D eigenvalue weighted by Crippen LogP contribution is -2.17. The molecule has 32 heavy (non-hydrogen) atoms. The van der Waals surface area contributed by atoms with Gasteiger partial charge < -0.3 is 9.47 Å². The summed E-state index contributed by atoms with van der Waals surface area (Å²) in [5.74, 6) is 0.294. The summed E-state index contributed by atoms with van der Waals surface area (Å²) in [7, 11) is 0. The lowest BCUT2D eigenvalue weighted by Gasteiger charge is -2.23. The van der Waals surface area contributed by atoms with Gasteiger partial charge in [-0.05, 0) is 84.2 Å². The van der Waals surface area contributed by atoms with E-state index in [0.717, 1.165) is 18.4 Å². The molecule has 7 heteroatoms. The van der Waals surface area contributed by atoms with Crippen molar-refractivity contribution >= 4 is 28.6 Å². The van der Waals surface area contributed by atoms with Crippen molar-refractivity contribution in [3.63, 3.8) is 0 Å². The molecular weight excluding hydrogens is 532 g/mol. The van der Waals surface area contributed by atoms with Crippen LogP contribution in [0.1, 0.15) is 50.7 Å². The largest absolute Gasteiger partial charge is 0.492 e. The third kappa shape index (κ3) is 6.62. The Morgan fingerprint density at radius 1 is 1.22 bits per heavy atom. The highest BCUT2D eigenvalue weighted by Gasteiger charge is 2.38. The maximum Gasteiger partial charge on any atom is 0.417 e. The van der Waals surface area contributed by atoms with Gasteiger partial charge in [0, 0.05) is 12.0 Å². The molecule has 0 radical (unpaired) electrons. The molecule has 0 N–H and O–H groups in total. The van der Waals surface area contributed by atoms with Gasteiger partial charge in [-0.25, -0.2) is 0 Å². The van der Waals surface area contributed by atoms with E-state index in [1.54, 1.807) is 35.6 Å². The van der Waals surface area contributed by atoms with Crippen molar-refractivity contribution in [3.05, 3.63) is 51.1 Å². The molecule has 1 aliphatic rings. The quantitative estimate of drug-likeness (QED) is 0.226. The first-order chi connectivity index (χ1) is 15.2. The average Bonchev–Trinajstić information content (AvgIpc) is 3.55. The molecule has 1 atom stereocenters. The SMILES string of the molecule is CCOC(=O)CCC(C)Cc1cc(-c2ccccc2)c(OCC2CC2)c(I)c1C(F)(F)F. The predicted octanol–water partition coefficient (Wildman–Crippen LogP) is 7.29. The number of benzene rings is 2. The summed E-state index contributed by atoms with van der Waals surface area (Å²) in [6.07, 6.45) is -1.51. The van der Waals surface area contributed by atoms with Crippen molar-refractivity contribution < 1.29 is 27.4 Å². The average molecular weight is 560 g/mol. The summed E-state index contributed by atoms with van der Waals surface area (Å²) in [6, 6.07) is 11.0. The van der Waals surface area contributed by atoms with Crippen LogP contribution >= 0.6 is 22.6 Å². The molecule has 0 heterocycles. The zero-order valence-corrected chi connectivity index (χ0v) is 20.5. The molecule has 0 spiro atoms. The van der Waals surface area contributed by atoms with Gasteiger partial charge in [-0.15, -0.1) is 0 Å². The molecule has 1 fully saturated rings. The van der Waals surface area contributed by atoms with Gasteiger partial charge in [0.2, 0.25) is 0 Å². The van der Waals surface area contributed by atoms with Crippen LogP contribution in [0.2, 0.25) is 0 Å². The molecule has 174 valence electrons. The topological polar surface area (TPSA) is 35.5 Å². The maximum absolute atomic E-state index is 14.2. The number of carbonyl (C=O) groups excluding carboxylic acids is 1. The molecule has 1 aliphatic carbocycles. The Morgan fingerprint density at radius 3 is 2.50 bits per heavy atom. The number of carbonyl (C=O) groups is 1. The van der Waals surface area contributed by atoms with Crippen LogP contribution in [-0.4, -0.2) is 19.2 Å². The van der Waals surface area contributed by atoms with E-state index < -0.39 is 11.7 Å². The van der Waals surface area contributed by atoms with E-state index >= 15 is 0 Å². The van der Waals surface area contributed by atoms with Gasteiger partial charge in [-0.3, -0.25) is 4.79 Å². The van der Waals surface area contributed by atoms with Gasteiger partial charge in [0.05, 0.1) is 22.3 Å². The summed E-state index contributed by atoms with van der Waals surface area (Å²) in [5, 5.41) is 0. The van der Waals surface area contributed by atoms with Crippen LogP contribution in [0.25, 0.3) is 11.1 Å². The summed E-state index contributed by atoms with van der Waals surface area (Å²) in [6.45, 7) is 4.33. The van der Waals surface area contributed by atoms with Gasteiger partial charge in [0.15, 0.2) is 0 Å². The van der Waals surface area contributed by atoms with Crippen LogP contribution in [0, 0.1) is 15.4 Å². The fourth-order valence-electron chi connectivity index (χ4n) is 3.69. The van der Waals surface area contributed by atoms with Crippen molar-refractivity contribution in [2.75, 3.05) is 13.2 Å². The van der Waals surface area contributed by atoms with E-state index in [-0.39, 0.29) is 33.9 Å². The highest BCUT2D eigenvalue weighted by atomic mass is 127. The predicted molar refractivity (Wildman–Crippen MR) is 127 cm³/mol. The number of rotatable bonds is 10. The van der Waals surface area contributed by atoms with Gasteiger partial charge in [0.25, 0.3) is 0 Å². The summed E-state index contributed by atoms with van der Waals surface area (Å²) in [4.78, 5) is 11.7. The first-order valence-corrected chi connectivity index (χ1v) is 12.0. The van der Waals surface area contributed by atoms with Crippen LogP contribution in [0.3, 0.4) is 0 Å². The Balaban J connectivity index is 1.98. The third-order valence-electron chi connectivity index (χ3n) is 5.55. The molecule has 3 rings (SSSR count). The van der Waals surface area contributed by atoms with Gasteiger partial charge in [-0.1, -0.05) is 37.3 Å². The van der Waals surface area contributed by atoms with E-state index in [4.69, 9.17) is 9.47 Å². The minimum absolute atomic E-state index is 0.102. The zero-order chi connectivity index (χ0) is 23.3. The Labute approximate surface area is 200 Å². The highest BCUT2D eigenvalue weighted by molar-refractivity contribution is 14.1. The van der Waals surface area contributed by atoms with Crippen LogP contribution in [0.5, 0.6) is 5.75 Å². The van der Waals surface area contributed by atoms with Crippen molar-refractivity contribution in [1.82, 2.24) is 0 Å². The number of ether oxygens (including phenoxy) is 2. The number of alkyl halides is 3. The Morgan fingerprint density at radius 2 is 1.91 bits per heavy atom. The standard InChI is InChI=1S/C25H28F3IO3/c1-3-31-21(30)12-9-16(2)13-19-14-20(18-7-5-4-6-8-18)24(32-15-17-10-11-17)23(29)22(19)25(26,27)28/h4-8,14,16-17H,3,9-13,15H2,1-2H3. The Kier molecular flexibility index (Phi) is 8.47. The van der Waals surface area contributed by atoms with Crippen LogP contribution in [-0.2, 0) is 22.1 Å². The molecule has 1 saturated carbocycles. The molecule has 0 aliphatic heterocycles. The molecule has 1 unspecified atom stereocenters. The summed E-state index contributed by atoms with van der Waals surface area (Å²) >= 11 is 1.78. The molecule has 0 aromatic heterocycles. The number of halogens is 4. The zero-order valence-electron chi connectivity index (χ0n) is 18.3. The fraction of sp³-hybridized carbons (Fsp3) is 0.480. The normalized spacial score (nSPS) is 14.8. The van der Waals surface area contributed by atoms with E-state index in [9.17, 15) is 18.0 Å². The highest BCUT2D eigenvalue weighted by Crippen LogP contribution is 2.46. The lowest BCUT2D eigenvalue weighted by molar-refractivity contribution is -0.143. The number of hydrogen-bond donors (Lipinski definition) is 0. The molecule has 0 bridgehead atoms. The smallest absolute Gasteiger partial charge is 0.417 e. The van der Waals surface area contributed by atoms with Gasteiger partial charge in [-0.2, -0.15) is 13.2 Å². The second-order valence-electron chi connectivity index (χ2n) is 8.37. The van der Waals surface area contributed by atoms with E-state index in [0.29, 0.717) is 36.9 Å². The lowest BCUT2D eigenvalue weighted by atomic mass is 9.90. The molecule has 2 aromatic carbocycles. The van der Waals surface area contributed by atoms with Crippen molar-refractivity contribution in [2.45, 2.75) is 52.1 Å². The van der Waals surface area contributed by atoms with Crippen molar-refractivity contribution in [3.8, 4) is 16.9 Å². The maximum atomic E-state index is 14.2. The van der Waals surface area contributed by atoms with E-state index in [2.05, 4.69) is 0 Å². The minimum Gasteiger partial charge on any atom is -0.492 e. The number of esters is 1. The molecule has 0 amide bonds. The Hall–Kier alpha value is -1.77. The Bertz CT molecular complexity index is 924. The van der Waals surface area contributed by atoms with E-state index in [1.807, 2.05) is 37.3 Å². The second-order valence-corrected chi connectivity index (χ2v) is 9.45. The van der Waals surface area contributed by atoms with Gasteiger partial charge >= 0.3 is 12.1 Å². The first kappa shape index (κ1) is 24.9. The van der Waals surface area contributed by atoms with Crippen molar-refractivity contribution in [2.24, 2.45) is 11.8 Å². The van der Waals surface area contributed by atoms with E-state index in [1.165, 1.54) is 0 Å². The number of hydrogen-bond acceptors (Lipinski definition) is 3. The van der Waals surface area contributed by atoms with Crippen LogP contribution in [0.15, 0.2) is 36.4 Å². The third-order valence-corrected chi connectivity index (χ3v) is 6.58. The second kappa shape index (κ2) is 10.9. The summed E-state index contributed by atoms with van der Waals surface area (Å²) < 4.78 is 53.5. The fourth-order valence-corrected chi connectivity index (χ4v) is 4.78. The summed E-state index contributed by atoms with van der Waals surface area (Å²) in [5.41, 5.74) is 1.10. The molecular formula is C25H28F3IO3. The van der Waals surface area contributed by atoms with Crippen molar-refractivity contribution in [1.29, 1.82) is 0 Å². The van der Waals surface area contributed by atoms with Gasteiger partial charge in [0.1, 0.15) is 5.75 Å². The minimum atomic E-state index is -4.50. The van der Waals surface area contributed by atoms with Crippen LogP contribution < -0.4 is 4.74 Å². The molecule has 3 nitrogen and oxygen atoms in total.